The fourth-order valence-electron chi connectivity index (χ4n) is 2.15. The molecule has 0 radical (unpaired) electrons. The monoisotopic (exact) mass is 274 g/mol. The first kappa shape index (κ1) is 14.2. The highest BCUT2D eigenvalue weighted by Crippen LogP contribution is 2.20. The molecule has 0 aliphatic heterocycles. The van der Waals surface area contributed by atoms with Gasteiger partial charge in [-0.2, -0.15) is 0 Å². The van der Waals surface area contributed by atoms with Crippen molar-refractivity contribution in [2.45, 2.75) is 25.8 Å². The molecule has 0 unspecified atom stereocenters. The summed E-state index contributed by atoms with van der Waals surface area (Å²) in [5.74, 6) is 0.844. The molecule has 0 aliphatic rings. The molecule has 0 aliphatic carbocycles. The van der Waals surface area contributed by atoms with E-state index in [1.807, 2.05) is 16.8 Å². The van der Waals surface area contributed by atoms with Crippen molar-refractivity contribution in [3.63, 3.8) is 0 Å². The maximum atomic E-state index is 11.0. The number of unbranched alkanes of at least 4 members (excludes halogenated alkanes) is 1. The summed E-state index contributed by atoms with van der Waals surface area (Å²) in [5.41, 5.74) is 6.31. The van der Waals surface area contributed by atoms with Crippen LogP contribution in [0.5, 0.6) is 0 Å². The average Bonchev–Trinajstić information content (AvgIpc) is 2.87. The van der Waals surface area contributed by atoms with Gasteiger partial charge in [0, 0.05) is 37.0 Å². The number of hydrogen-bond donors (Lipinski definition) is 1. The Hall–Kier alpha value is -2.21. The lowest BCUT2D eigenvalue weighted by atomic mass is 10.1. The molecular weight excluding hydrogens is 256 g/mol. The maximum Gasteiger partial charge on any atom is 0.273 e. The molecule has 1 aromatic heterocycles. The van der Waals surface area contributed by atoms with Gasteiger partial charge in [-0.1, -0.05) is 18.2 Å². The fraction of sp³-hybridized carbons (Fsp3) is 0.357. The number of rotatable bonds is 7. The number of nitro benzene ring substituents is 1. The van der Waals surface area contributed by atoms with E-state index in [1.54, 1.807) is 18.3 Å². The van der Waals surface area contributed by atoms with Gasteiger partial charge < -0.3 is 10.3 Å². The summed E-state index contributed by atoms with van der Waals surface area (Å²) in [6.45, 7) is 1.52. The predicted molar refractivity (Wildman–Crippen MR) is 76.4 cm³/mol. The van der Waals surface area contributed by atoms with Crippen molar-refractivity contribution in [3.8, 4) is 0 Å². The highest BCUT2D eigenvalue weighted by atomic mass is 16.6. The molecule has 2 rings (SSSR count). The smallest absolute Gasteiger partial charge is 0.273 e. The van der Waals surface area contributed by atoms with Crippen LogP contribution in [0.25, 0.3) is 0 Å². The van der Waals surface area contributed by atoms with Crippen LogP contribution in [-0.4, -0.2) is 21.0 Å². The van der Waals surface area contributed by atoms with Gasteiger partial charge in [0.2, 0.25) is 0 Å². The van der Waals surface area contributed by atoms with Crippen LogP contribution in [0.2, 0.25) is 0 Å². The van der Waals surface area contributed by atoms with E-state index in [2.05, 4.69) is 4.98 Å². The topological polar surface area (TPSA) is 87.0 Å². The third kappa shape index (κ3) is 3.42. The lowest BCUT2D eigenvalue weighted by Gasteiger charge is -2.07. The molecule has 2 aromatic rings. The predicted octanol–water partition coefficient (Wildman–Crippen LogP) is 2.12. The van der Waals surface area contributed by atoms with Crippen molar-refractivity contribution in [1.29, 1.82) is 0 Å². The van der Waals surface area contributed by atoms with Crippen LogP contribution in [0.3, 0.4) is 0 Å². The van der Waals surface area contributed by atoms with Crippen LogP contribution in [0.15, 0.2) is 36.7 Å². The largest absolute Gasteiger partial charge is 0.335 e. The molecular formula is C14H18N4O2. The first-order chi connectivity index (χ1) is 9.72. The Labute approximate surface area is 117 Å². The Morgan fingerprint density at radius 1 is 1.30 bits per heavy atom. The highest BCUT2D eigenvalue weighted by Gasteiger charge is 2.14. The van der Waals surface area contributed by atoms with Gasteiger partial charge in [0.05, 0.1) is 4.92 Å². The number of benzene rings is 1. The molecule has 1 aromatic carbocycles. The van der Waals surface area contributed by atoms with Gasteiger partial charge in [-0.05, 0) is 19.4 Å². The lowest BCUT2D eigenvalue weighted by Crippen LogP contribution is -2.07. The number of nitrogens with zero attached hydrogens (tertiary/aromatic N) is 3. The van der Waals surface area contributed by atoms with E-state index >= 15 is 0 Å². The van der Waals surface area contributed by atoms with Crippen molar-refractivity contribution in [3.05, 3.63) is 58.2 Å². The molecule has 0 amide bonds. The number of nitrogens with two attached hydrogens (primary N) is 1. The molecule has 2 N–H and O–H groups in total. The minimum atomic E-state index is -0.350. The zero-order valence-electron chi connectivity index (χ0n) is 11.2. The normalized spacial score (nSPS) is 10.7. The van der Waals surface area contributed by atoms with E-state index < -0.39 is 0 Å². The molecule has 6 heteroatoms. The van der Waals surface area contributed by atoms with Crippen molar-refractivity contribution >= 4 is 5.69 Å². The summed E-state index contributed by atoms with van der Waals surface area (Å²) < 4.78 is 2.03. The minimum Gasteiger partial charge on any atom is -0.335 e. The molecule has 0 saturated carbocycles. The third-order valence-corrected chi connectivity index (χ3v) is 3.19. The molecule has 0 bridgehead atoms. The molecule has 20 heavy (non-hydrogen) atoms. The first-order valence-corrected chi connectivity index (χ1v) is 6.64. The summed E-state index contributed by atoms with van der Waals surface area (Å²) in [5, 5.41) is 11.0. The first-order valence-electron chi connectivity index (χ1n) is 6.64. The van der Waals surface area contributed by atoms with Crippen molar-refractivity contribution in [1.82, 2.24) is 9.55 Å². The van der Waals surface area contributed by atoms with Gasteiger partial charge in [-0.3, -0.25) is 10.1 Å². The summed E-state index contributed by atoms with van der Waals surface area (Å²) in [4.78, 5) is 15.0. The van der Waals surface area contributed by atoms with E-state index in [0.717, 1.165) is 25.2 Å². The van der Waals surface area contributed by atoms with Crippen LogP contribution in [0.1, 0.15) is 24.2 Å². The summed E-state index contributed by atoms with van der Waals surface area (Å²) in [6.07, 6.45) is 6.04. The number of imidazole rings is 1. The van der Waals surface area contributed by atoms with Crippen LogP contribution >= 0.6 is 0 Å². The second kappa shape index (κ2) is 6.81. The summed E-state index contributed by atoms with van der Waals surface area (Å²) in [6, 6.07) is 6.79. The number of hydrogen-bond acceptors (Lipinski definition) is 4. The van der Waals surface area contributed by atoms with E-state index in [0.29, 0.717) is 18.5 Å². The van der Waals surface area contributed by atoms with Crippen LogP contribution in [0.4, 0.5) is 5.69 Å². The Bertz CT molecular complexity index is 580. The minimum absolute atomic E-state index is 0.143. The van der Waals surface area contributed by atoms with E-state index in [-0.39, 0.29) is 10.6 Å². The Kier molecular flexibility index (Phi) is 4.84. The Balaban J connectivity index is 2.14. The fourth-order valence-corrected chi connectivity index (χ4v) is 2.15. The molecule has 0 saturated heterocycles. The molecule has 6 nitrogen and oxygen atoms in total. The zero-order valence-corrected chi connectivity index (χ0v) is 11.2. The van der Waals surface area contributed by atoms with Crippen molar-refractivity contribution < 1.29 is 4.92 Å². The van der Waals surface area contributed by atoms with Crippen molar-refractivity contribution in [2.75, 3.05) is 6.54 Å². The lowest BCUT2D eigenvalue weighted by molar-refractivity contribution is -0.385. The zero-order chi connectivity index (χ0) is 14.4. The standard InChI is InChI=1S/C14H18N4O2/c15-7-3-4-9-17-10-8-16-14(17)11-12-5-1-2-6-13(12)18(19)20/h1-2,5-6,8,10H,3-4,7,9,11,15H2. The average molecular weight is 274 g/mol. The summed E-state index contributed by atoms with van der Waals surface area (Å²) in [7, 11) is 0. The Morgan fingerprint density at radius 3 is 2.85 bits per heavy atom. The van der Waals surface area contributed by atoms with E-state index in [9.17, 15) is 10.1 Å². The van der Waals surface area contributed by atoms with Crippen LogP contribution in [-0.2, 0) is 13.0 Å². The van der Waals surface area contributed by atoms with Gasteiger partial charge in [-0.25, -0.2) is 4.98 Å². The summed E-state index contributed by atoms with van der Waals surface area (Å²) >= 11 is 0. The molecule has 0 spiro atoms. The molecule has 106 valence electrons. The van der Waals surface area contributed by atoms with Gasteiger partial charge >= 0.3 is 0 Å². The highest BCUT2D eigenvalue weighted by molar-refractivity contribution is 5.41. The van der Waals surface area contributed by atoms with Gasteiger partial charge in [0.15, 0.2) is 0 Å². The van der Waals surface area contributed by atoms with Gasteiger partial charge in [-0.15, -0.1) is 0 Å². The number of para-hydroxylation sites is 1. The number of aromatic nitrogens is 2. The van der Waals surface area contributed by atoms with Crippen molar-refractivity contribution in [2.24, 2.45) is 5.73 Å². The van der Waals surface area contributed by atoms with Crippen LogP contribution in [0, 0.1) is 10.1 Å². The number of aryl methyl sites for hydroxylation is 1. The van der Waals surface area contributed by atoms with Gasteiger partial charge in [0.25, 0.3) is 5.69 Å². The Morgan fingerprint density at radius 2 is 2.10 bits per heavy atom. The molecule has 0 fully saturated rings. The van der Waals surface area contributed by atoms with E-state index in [1.165, 1.54) is 6.07 Å². The SMILES string of the molecule is NCCCCn1ccnc1Cc1ccccc1[N+](=O)[O-]. The second-order valence-electron chi connectivity index (χ2n) is 4.60. The third-order valence-electron chi connectivity index (χ3n) is 3.19. The quantitative estimate of drug-likeness (QED) is 0.476. The van der Waals surface area contributed by atoms with Gasteiger partial charge in [0.1, 0.15) is 5.82 Å². The van der Waals surface area contributed by atoms with E-state index in [4.69, 9.17) is 5.73 Å². The maximum absolute atomic E-state index is 11.0. The molecule has 0 atom stereocenters. The molecule has 1 heterocycles. The number of nitro groups is 1. The second-order valence-corrected chi connectivity index (χ2v) is 4.60. The van der Waals surface area contributed by atoms with Crippen LogP contribution < -0.4 is 5.73 Å².